The molecule has 1 atom stereocenters. The fourth-order valence-electron chi connectivity index (χ4n) is 11.4. The van der Waals surface area contributed by atoms with Gasteiger partial charge in [-0.15, -0.1) is 11.6 Å². The van der Waals surface area contributed by atoms with Crippen LogP contribution in [0.4, 0.5) is 0 Å². The molecule has 0 saturated carbocycles. The van der Waals surface area contributed by atoms with E-state index in [0.29, 0.717) is 34.9 Å². The number of hydrogen-bond acceptors (Lipinski definition) is 6. The average Bonchev–Trinajstić information content (AvgIpc) is 4.11. The Morgan fingerprint density at radius 3 is 1.49 bits per heavy atom. The van der Waals surface area contributed by atoms with Crippen molar-refractivity contribution < 1.29 is 0 Å². The topological polar surface area (TPSA) is 82.3 Å². The molecule has 0 fully saturated rings. The van der Waals surface area contributed by atoms with E-state index in [2.05, 4.69) is 138 Å². The standard InChI is InChI=1S/C68H42ClN7/c69-49-35-30-47(31-36-49)67-72-65(45-19-8-3-9-20-45)71-66(75-67)46-28-26-42(27-29-46)51-22-12-23-53-57-40-58-61(55-25-13-24-54(59(51)53)60(55)57)56-39-34-41-14-10-11-21-52(41)62(56)76(58)50-37-32-48(33-38-50)68-73-63(43-15-4-1-5-16-43)70-64(74-68)44-17-6-2-7-18-44/h1-35,37-40,49H,36H2. The molecule has 3 aromatic heterocycles. The zero-order valence-electron chi connectivity index (χ0n) is 40.8. The van der Waals surface area contributed by atoms with Crippen LogP contribution in [0.2, 0.25) is 0 Å². The number of alkyl halides is 1. The molecular weight excluding hydrogens is 950 g/mol. The smallest absolute Gasteiger partial charge is 0.164 e. The Bertz CT molecular complexity index is 4470. The molecule has 10 aromatic carbocycles. The van der Waals surface area contributed by atoms with Crippen molar-refractivity contribution in [3.8, 4) is 96.0 Å². The van der Waals surface area contributed by atoms with Crippen molar-refractivity contribution in [3.63, 3.8) is 0 Å². The molecule has 0 amide bonds. The summed E-state index contributed by atoms with van der Waals surface area (Å²) in [4.78, 5) is 30.0. The van der Waals surface area contributed by atoms with E-state index < -0.39 is 0 Å². The third kappa shape index (κ3) is 7.27. The summed E-state index contributed by atoms with van der Waals surface area (Å²) in [5.41, 5.74) is 16.1. The number of fused-ring (bicyclic) bond motifs is 9. The fourth-order valence-corrected chi connectivity index (χ4v) is 11.5. The molecule has 7 nitrogen and oxygen atoms in total. The lowest BCUT2D eigenvalue weighted by Gasteiger charge is -2.13. The van der Waals surface area contributed by atoms with Gasteiger partial charge >= 0.3 is 0 Å². The molecule has 356 valence electrons. The molecule has 0 saturated heterocycles. The Morgan fingerprint density at radius 2 is 0.882 bits per heavy atom. The first kappa shape index (κ1) is 43.9. The Balaban J connectivity index is 0.862. The van der Waals surface area contributed by atoms with Gasteiger partial charge in [0.15, 0.2) is 34.9 Å². The second-order valence-corrected chi connectivity index (χ2v) is 20.0. The van der Waals surface area contributed by atoms with Gasteiger partial charge in [-0.05, 0) is 86.3 Å². The molecule has 76 heavy (non-hydrogen) atoms. The quantitative estimate of drug-likeness (QED) is 0.141. The number of nitrogens with zero attached hydrogens (tertiary/aromatic N) is 7. The molecular formula is C68H42ClN7. The van der Waals surface area contributed by atoms with Gasteiger partial charge in [0.2, 0.25) is 0 Å². The first-order chi connectivity index (χ1) is 37.6. The predicted octanol–water partition coefficient (Wildman–Crippen LogP) is 17.1. The van der Waals surface area contributed by atoms with E-state index in [1.165, 1.54) is 65.7 Å². The zero-order valence-corrected chi connectivity index (χ0v) is 41.6. The van der Waals surface area contributed by atoms with Crippen molar-refractivity contribution in [2.24, 2.45) is 0 Å². The van der Waals surface area contributed by atoms with Gasteiger partial charge in [-0.25, -0.2) is 29.9 Å². The summed E-state index contributed by atoms with van der Waals surface area (Å²) in [6.07, 6.45) is 6.84. The third-order valence-electron chi connectivity index (χ3n) is 14.9. The monoisotopic (exact) mass is 991 g/mol. The van der Waals surface area contributed by atoms with Crippen LogP contribution >= 0.6 is 11.6 Å². The summed E-state index contributed by atoms with van der Waals surface area (Å²) in [5, 5.41) is 7.29. The maximum atomic E-state index is 6.42. The lowest BCUT2D eigenvalue weighted by atomic mass is 9.93. The molecule has 0 spiro atoms. The molecule has 0 N–H and O–H groups in total. The van der Waals surface area contributed by atoms with Crippen LogP contribution in [0.3, 0.4) is 0 Å². The van der Waals surface area contributed by atoms with Crippen LogP contribution in [0.1, 0.15) is 12.2 Å². The molecule has 13 aromatic rings. The average molecular weight is 993 g/mol. The van der Waals surface area contributed by atoms with Crippen molar-refractivity contribution in [1.82, 2.24) is 34.5 Å². The van der Waals surface area contributed by atoms with E-state index in [9.17, 15) is 0 Å². The Kier molecular flexibility index (Phi) is 10.3. The molecule has 15 rings (SSSR count). The first-order valence-electron chi connectivity index (χ1n) is 25.6. The van der Waals surface area contributed by atoms with Crippen LogP contribution in [0.5, 0.6) is 0 Å². The molecule has 8 heteroatoms. The van der Waals surface area contributed by atoms with E-state index >= 15 is 0 Å². The van der Waals surface area contributed by atoms with Crippen LogP contribution in [0, 0.1) is 0 Å². The molecule has 1 unspecified atom stereocenters. The van der Waals surface area contributed by atoms with Crippen molar-refractivity contribution in [2.45, 2.75) is 11.8 Å². The van der Waals surface area contributed by atoms with Crippen molar-refractivity contribution in [2.75, 3.05) is 0 Å². The van der Waals surface area contributed by atoms with Gasteiger partial charge in [-0.1, -0.05) is 206 Å². The third-order valence-corrected chi connectivity index (χ3v) is 15.2. The van der Waals surface area contributed by atoms with Crippen LogP contribution in [0.25, 0.3) is 145 Å². The minimum atomic E-state index is -0.0395. The van der Waals surface area contributed by atoms with Crippen LogP contribution < -0.4 is 0 Å². The van der Waals surface area contributed by atoms with Crippen molar-refractivity contribution in [3.05, 3.63) is 242 Å². The first-order valence-corrected chi connectivity index (χ1v) is 26.0. The number of halogens is 1. The van der Waals surface area contributed by atoms with Gasteiger partial charge in [0.1, 0.15) is 0 Å². The van der Waals surface area contributed by atoms with Crippen LogP contribution in [0.15, 0.2) is 237 Å². The maximum Gasteiger partial charge on any atom is 0.164 e. The Hall–Kier alpha value is -9.69. The predicted molar refractivity (Wildman–Crippen MR) is 311 cm³/mol. The largest absolute Gasteiger partial charge is 0.309 e. The molecule has 0 aliphatic heterocycles. The van der Waals surface area contributed by atoms with Gasteiger partial charge in [-0.2, -0.15) is 0 Å². The van der Waals surface area contributed by atoms with E-state index in [1.54, 1.807) is 0 Å². The van der Waals surface area contributed by atoms with Gasteiger partial charge in [0.25, 0.3) is 0 Å². The zero-order chi connectivity index (χ0) is 50.3. The lowest BCUT2D eigenvalue weighted by Crippen LogP contribution is -2.05. The molecule has 2 aliphatic rings. The van der Waals surface area contributed by atoms with Crippen LogP contribution in [-0.2, 0) is 0 Å². The summed E-state index contributed by atoms with van der Waals surface area (Å²) in [5.74, 6) is 3.77. The second kappa shape index (κ2) is 17.8. The highest BCUT2D eigenvalue weighted by molar-refractivity contribution is 6.32. The summed E-state index contributed by atoms with van der Waals surface area (Å²) < 4.78 is 2.46. The Labute approximate surface area is 442 Å². The van der Waals surface area contributed by atoms with Gasteiger partial charge in [0, 0.05) is 55.2 Å². The molecule has 0 bridgehead atoms. The summed E-state index contributed by atoms with van der Waals surface area (Å²) in [6.45, 7) is 0. The van der Waals surface area contributed by atoms with Crippen molar-refractivity contribution in [1.29, 1.82) is 0 Å². The second-order valence-electron chi connectivity index (χ2n) is 19.4. The van der Waals surface area contributed by atoms with Gasteiger partial charge in [0.05, 0.1) is 16.4 Å². The molecule has 2 aliphatic carbocycles. The molecule has 0 radical (unpaired) electrons. The number of rotatable bonds is 8. The minimum Gasteiger partial charge on any atom is -0.309 e. The van der Waals surface area contributed by atoms with Crippen molar-refractivity contribution >= 4 is 60.5 Å². The number of hydrogen-bond donors (Lipinski definition) is 0. The van der Waals surface area contributed by atoms with E-state index in [-0.39, 0.29) is 5.38 Å². The SMILES string of the molecule is ClC1C=CC(c2nc(-c3ccccc3)nc(-c3ccc(-c4cccc5c4-c4cccc6c4c-5cc4c6c5ccc6ccccc6c5n4-c4ccc(-c5nc(-c6ccccc6)nc(-c6ccccc6)n5)cc4)cc3)n2)=CC1. The minimum absolute atomic E-state index is 0.0395. The summed E-state index contributed by atoms with van der Waals surface area (Å²) in [7, 11) is 0. The highest BCUT2D eigenvalue weighted by Crippen LogP contribution is 2.54. The summed E-state index contributed by atoms with van der Waals surface area (Å²) >= 11 is 6.42. The van der Waals surface area contributed by atoms with Gasteiger partial charge < -0.3 is 4.57 Å². The highest BCUT2D eigenvalue weighted by atomic mass is 35.5. The normalized spacial score (nSPS) is 13.7. The van der Waals surface area contributed by atoms with Crippen LogP contribution in [-0.4, -0.2) is 39.8 Å². The number of benzene rings is 10. The lowest BCUT2D eigenvalue weighted by molar-refractivity contribution is 1.01. The molecule has 3 heterocycles. The van der Waals surface area contributed by atoms with E-state index in [1.807, 2.05) is 103 Å². The number of aromatic nitrogens is 7. The Morgan fingerprint density at radius 1 is 0.382 bits per heavy atom. The number of allylic oxidation sites excluding steroid dienone is 4. The van der Waals surface area contributed by atoms with Gasteiger partial charge in [-0.3, -0.25) is 0 Å². The summed E-state index contributed by atoms with van der Waals surface area (Å²) in [6, 6.07) is 77.0. The maximum absolute atomic E-state index is 6.42. The van der Waals surface area contributed by atoms with E-state index in [4.69, 9.17) is 41.5 Å². The van der Waals surface area contributed by atoms with E-state index in [0.717, 1.165) is 56.6 Å². The fraction of sp³-hybridized carbons (Fsp3) is 0.0294. The highest BCUT2D eigenvalue weighted by Gasteiger charge is 2.29.